The number of hydrogen-bond donors (Lipinski definition) is 1. The van der Waals surface area contributed by atoms with E-state index in [1.165, 1.54) is 5.57 Å². The fourth-order valence-electron chi connectivity index (χ4n) is 2.97. The van der Waals surface area contributed by atoms with E-state index in [1.807, 2.05) is 6.08 Å². The Balaban J connectivity index is 1.91. The first-order valence-electron chi connectivity index (χ1n) is 5.70. The first-order chi connectivity index (χ1) is 7.30. The Morgan fingerprint density at radius 1 is 1.40 bits per heavy atom. The van der Waals surface area contributed by atoms with Crippen LogP contribution in [0.4, 0.5) is 4.39 Å². The Morgan fingerprint density at radius 2 is 2.20 bits per heavy atom. The van der Waals surface area contributed by atoms with E-state index in [9.17, 15) is 4.39 Å². The van der Waals surface area contributed by atoms with Gasteiger partial charge in [0.1, 0.15) is 5.83 Å². The molecule has 0 bridgehead atoms. The zero-order valence-electron chi connectivity index (χ0n) is 8.76. The van der Waals surface area contributed by atoms with Gasteiger partial charge in [-0.15, -0.1) is 0 Å². The van der Waals surface area contributed by atoms with Crippen LogP contribution in [0, 0.1) is 5.92 Å². The number of rotatable bonds is 0. The average Bonchev–Trinajstić information content (AvgIpc) is 2.59. The summed E-state index contributed by atoms with van der Waals surface area (Å²) in [6.07, 6.45) is 6.26. The second-order valence-electron chi connectivity index (χ2n) is 4.68. The highest BCUT2D eigenvalue weighted by Gasteiger charge is 2.47. The molecule has 15 heavy (non-hydrogen) atoms. The first-order valence-corrected chi connectivity index (χ1v) is 5.70. The van der Waals surface area contributed by atoms with Gasteiger partial charge in [-0.3, -0.25) is 0 Å². The van der Waals surface area contributed by atoms with Crippen LogP contribution in [0.5, 0.6) is 0 Å². The van der Waals surface area contributed by atoms with Crippen molar-refractivity contribution in [2.24, 2.45) is 5.92 Å². The third-order valence-corrected chi connectivity index (χ3v) is 3.85. The van der Waals surface area contributed by atoms with E-state index in [0.29, 0.717) is 13.0 Å². The number of ether oxygens (including phenoxy) is 1. The van der Waals surface area contributed by atoms with Crippen molar-refractivity contribution >= 4 is 0 Å². The minimum absolute atomic E-state index is 0.00663. The molecule has 1 aliphatic carbocycles. The van der Waals surface area contributed by atoms with Gasteiger partial charge in [-0.05, 0) is 37.6 Å². The summed E-state index contributed by atoms with van der Waals surface area (Å²) in [4.78, 5) is 0. The lowest BCUT2D eigenvalue weighted by Gasteiger charge is -2.37. The SMILES string of the molecule is FC1=CC2C(=CC1)COC21CCNCC1. The highest BCUT2D eigenvalue weighted by atomic mass is 19.1. The Bertz CT molecular complexity index is 329. The molecule has 3 heteroatoms. The average molecular weight is 209 g/mol. The number of piperidine rings is 1. The van der Waals surface area contributed by atoms with Crippen LogP contribution in [0.3, 0.4) is 0 Å². The Kier molecular flexibility index (Phi) is 2.18. The van der Waals surface area contributed by atoms with E-state index in [2.05, 4.69) is 5.32 Å². The zero-order valence-corrected chi connectivity index (χ0v) is 8.76. The fourth-order valence-corrected chi connectivity index (χ4v) is 2.97. The molecule has 3 rings (SSSR count). The van der Waals surface area contributed by atoms with Gasteiger partial charge in [0.15, 0.2) is 0 Å². The normalized spacial score (nSPS) is 33.5. The van der Waals surface area contributed by atoms with Crippen LogP contribution in [0.15, 0.2) is 23.6 Å². The van der Waals surface area contributed by atoms with E-state index < -0.39 is 0 Å². The van der Waals surface area contributed by atoms with Crippen LogP contribution in [0.25, 0.3) is 0 Å². The maximum absolute atomic E-state index is 13.3. The molecule has 0 aromatic carbocycles. The summed E-state index contributed by atoms with van der Waals surface area (Å²) in [6.45, 7) is 2.67. The second kappa shape index (κ2) is 3.42. The molecule has 0 aromatic rings. The number of nitrogens with one attached hydrogen (secondary N) is 1. The van der Waals surface area contributed by atoms with Gasteiger partial charge in [-0.1, -0.05) is 6.08 Å². The molecule has 2 saturated heterocycles. The molecule has 1 unspecified atom stereocenters. The lowest BCUT2D eigenvalue weighted by atomic mass is 9.76. The van der Waals surface area contributed by atoms with Crippen molar-refractivity contribution in [3.8, 4) is 0 Å². The molecule has 3 aliphatic rings. The van der Waals surface area contributed by atoms with Crippen molar-refractivity contribution < 1.29 is 9.13 Å². The van der Waals surface area contributed by atoms with Crippen LogP contribution in [0.2, 0.25) is 0 Å². The van der Waals surface area contributed by atoms with Gasteiger partial charge >= 0.3 is 0 Å². The second-order valence-corrected chi connectivity index (χ2v) is 4.68. The molecule has 2 heterocycles. The molecule has 0 amide bonds. The van der Waals surface area contributed by atoms with Crippen molar-refractivity contribution in [2.45, 2.75) is 24.9 Å². The van der Waals surface area contributed by atoms with Gasteiger partial charge in [0.25, 0.3) is 0 Å². The molecular weight excluding hydrogens is 193 g/mol. The molecule has 1 N–H and O–H groups in total. The Labute approximate surface area is 89.2 Å². The fraction of sp³-hybridized carbons (Fsp3) is 0.667. The quantitative estimate of drug-likeness (QED) is 0.616. The molecule has 0 radical (unpaired) electrons. The van der Waals surface area contributed by atoms with E-state index in [0.717, 1.165) is 25.9 Å². The smallest absolute Gasteiger partial charge is 0.100 e. The number of allylic oxidation sites excluding steroid dienone is 2. The molecule has 0 saturated carbocycles. The van der Waals surface area contributed by atoms with Crippen molar-refractivity contribution in [1.82, 2.24) is 5.32 Å². The van der Waals surface area contributed by atoms with Gasteiger partial charge in [-0.2, -0.15) is 0 Å². The predicted octanol–water partition coefficient (Wildman–Crippen LogP) is 1.94. The number of fused-ring (bicyclic) bond motifs is 2. The van der Waals surface area contributed by atoms with Gasteiger partial charge in [-0.25, -0.2) is 4.39 Å². The van der Waals surface area contributed by atoms with Crippen molar-refractivity contribution in [3.05, 3.63) is 23.6 Å². The summed E-state index contributed by atoms with van der Waals surface area (Å²) in [5.74, 6) is 0.209. The molecule has 0 aromatic heterocycles. The minimum Gasteiger partial charge on any atom is -0.370 e. The molecule has 1 atom stereocenters. The topological polar surface area (TPSA) is 21.3 Å². The van der Waals surface area contributed by atoms with Crippen molar-refractivity contribution in [3.63, 3.8) is 0 Å². The highest BCUT2D eigenvalue weighted by Crippen LogP contribution is 2.45. The summed E-state index contributed by atoms with van der Waals surface area (Å²) in [7, 11) is 0. The third-order valence-electron chi connectivity index (χ3n) is 3.85. The van der Waals surface area contributed by atoms with Crippen LogP contribution in [0.1, 0.15) is 19.3 Å². The summed E-state index contributed by atoms with van der Waals surface area (Å²) in [6, 6.07) is 0. The largest absolute Gasteiger partial charge is 0.370 e. The number of halogens is 1. The summed E-state index contributed by atoms with van der Waals surface area (Å²) in [5, 5.41) is 3.33. The van der Waals surface area contributed by atoms with Crippen molar-refractivity contribution in [1.29, 1.82) is 0 Å². The molecule has 2 fully saturated rings. The maximum atomic E-state index is 13.3. The maximum Gasteiger partial charge on any atom is 0.100 e. The highest BCUT2D eigenvalue weighted by molar-refractivity contribution is 5.30. The standard InChI is InChI=1S/C12H16FNO/c13-10-2-1-9-8-15-12(11(9)7-10)3-5-14-6-4-12/h1,7,11,14H,2-6,8H2. The van der Waals surface area contributed by atoms with Gasteiger partial charge < -0.3 is 10.1 Å². The lowest BCUT2D eigenvalue weighted by molar-refractivity contribution is -0.0353. The molecular formula is C12H16FNO. The van der Waals surface area contributed by atoms with Crippen LogP contribution < -0.4 is 5.32 Å². The summed E-state index contributed by atoms with van der Waals surface area (Å²) in [5.41, 5.74) is 1.19. The third kappa shape index (κ3) is 1.45. The predicted molar refractivity (Wildman–Crippen MR) is 56.2 cm³/mol. The monoisotopic (exact) mass is 209 g/mol. The van der Waals surface area contributed by atoms with Crippen LogP contribution in [-0.4, -0.2) is 25.3 Å². The Hall–Kier alpha value is -0.670. The van der Waals surface area contributed by atoms with Gasteiger partial charge in [0, 0.05) is 12.3 Å². The Morgan fingerprint density at radius 3 is 3.00 bits per heavy atom. The van der Waals surface area contributed by atoms with E-state index >= 15 is 0 Å². The van der Waals surface area contributed by atoms with Crippen molar-refractivity contribution in [2.75, 3.05) is 19.7 Å². The lowest BCUT2D eigenvalue weighted by Crippen LogP contribution is -2.45. The first kappa shape index (κ1) is 9.55. The van der Waals surface area contributed by atoms with E-state index in [-0.39, 0.29) is 17.3 Å². The van der Waals surface area contributed by atoms with Gasteiger partial charge in [0.05, 0.1) is 12.2 Å². The summed E-state index contributed by atoms with van der Waals surface area (Å²) >= 11 is 0. The number of hydrogen-bond acceptors (Lipinski definition) is 2. The van der Waals surface area contributed by atoms with E-state index in [1.54, 1.807) is 6.08 Å². The van der Waals surface area contributed by atoms with E-state index in [4.69, 9.17) is 4.74 Å². The minimum atomic E-state index is -0.102. The molecule has 1 spiro atoms. The zero-order chi connectivity index (χ0) is 10.3. The van der Waals surface area contributed by atoms with Crippen LogP contribution in [-0.2, 0) is 4.74 Å². The van der Waals surface area contributed by atoms with Gasteiger partial charge in [0.2, 0.25) is 0 Å². The summed E-state index contributed by atoms with van der Waals surface area (Å²) < 4.78 is 19.3. The molecule has 2 aliphatic heterocycles. The molecule has 2 nitrogen and oxygen atoms in total. The molecule has 82 valence electrons. The van der Waals surface area contributed by atoms with Crippen LogP contribution >= 0.6 is 0 Å².